The van der Waals surface area contributed by atoms with Gasteiger partial charge in [-0.05, 0) is 42.5 Å². The maximum absolute atomic E-state index is 13.5. The summed E-state index contributed by atoms with van der Waals surface area (Å²) in [6.45, 7) is 0.470. The van der Waals surface area contributed by atoms with Crippen molar-refractivity contribution in [3.8, 4) is 5.82 Å². The van der Waals surface area contributed by atoms with Crippen molar-refractivity contribution in [2.45, 2.75) is 4.90 Å². The van der Waals surface area contributed by atoms with Crippen LogP contribution in [0.1, 0.15) is 0 Å². The van der Waals surface area contributed by atoms with Crippen molar-refractivity contribution >= 4 is 73.3 Å². The topological polar surface area (TPSA) is 184 Å². The molecule has 4 aromatic rings. The summed E-state index contributed by atoms with van der Waals surface area (Å²) in [7, 11) is -12.6. The van der Waals surface area contributed by atoms with Crippen LogP contribution in [0.2, 0.25) is 10.0 Å². The number of aromatic nitrogens is 3. The number of nitrogens with one attached hydrogen (secondary N) is 2. The average molecular weight is 649 g/mol. The van der Waals surface area contributed by atoms with Crippen LogP contribution >= 0.6 is 30.8 Å². The molecule has 0 amide bonds. The van der Waals surface area contributed by atoms with Gasteiger partial charge in [0.2, 0.25) is 10.0 Å². The summed E-state index contributed by atoms with van der Waals surface area (Å²) in [4.78, 5) is 27.6. The Morgan fingerprint density at radius 2 is 1.68 bits per heavy atom. The smallest absolute Gasteiger partial charge is 0.345 e. The van der Waals surface area contributed by atoms with E-state index < -0.39 is 33.9 Å². The normalized spacial score (nSPS) is 12.5. The lowest BCUT2D eigenvalue weighted by atomic mass is 10.2. The molecule has 0 saturated carbocycles. The van der Waals surface area contributed by atoms with E-state index in [0.717, 1.165) is 18.4 Å². The molecule has 2 heterocycles. The second-order valence-corrected chi connectivity index (χ2v) is 14.7. The zero-order valence-electron chi connectivity index (χ0n) is 20.6. The first-order chi connectivity index (χ1) is 18.6. The van der Waals surface area contributed by atoms with Crippen molar-refractivity contribution < 1.29 is 31.2 Å². The Balaban J connectivity index is 1.63. The summed E-state index contributed by atoms with van der Waals surface area (Å²) in [5.41, 5.74) is 0.633. The van der Waals surface area contributed by atoms with Crippen LogP contribution in [0, 0.1) is 0 Å². The third-order valence-electron chi connectivity index (χ3n) is 5.38. The fourth-order valence-corrected chi connectivity index (χ4v) is 7.60. The first kappa shape index (κ1) is 30.2. The van der Waals surface area contributed by atoms with E-state index >= 15 is 0 Å². The molecule has 0 aliphatic carbocycles. The molecular formula is C22H23Cl2N6O7PS2. The van der Waals surface area contributed by atoms with Gasteiger partial charge in [-0.1, -0.05) is 23.2 Å². The lowest BCUT2D eigenvalue weighted by Gasteiger charge is -2.25. The van der Waals surface area contributed by atoms with Crippen molar-refractivity contribution in [2.24, 2.45) is 0 Å². The number of fused-ring (bicyclic) bond motifs is 1. The number of hydrogen-bond acceptors (Lipinski definition) is 8. The third kappa shape index (κ3) is 7.50. The molecule has 18 heteroatoms. The van der Waals surface area contributed by atoms with Crippen molar-refractivity contribution in [1.82, 2.24) is 19.3 Å². The lowest BCUT2D eigenvalue weighted by Crippen LogP contribution is -2.32. The Labute approximate surface area is 240 Å². The first-order valence-electron chi connectivity index (χ1n) is 11.3. The number of halogens is 2. The van der Waals surface area contributed by atoms with Gasteiger partial charge in [-0.25, -0.2) is 31.5 Å². The number of benzene rings is 2. The molecule has 0 fully saturated rings. The van der Waals surface area contributed by atoms with Gasteiger partial charge in [-0.15, -0.1) is 0 Å². The Morgan fingerprint density at radius 1 is 0.975 bits per heavy atom. The van der Waals surface area contributed by atoms with Gasteiger partial charge in [-0.3, -0.25) is 13.4 Å². The summed E-state index contributed by atoms with van der Waals surface area (Å²) in [5, 5.41) is 3.59. The van der Waals surface area contributed by atoms with Crippen LogP contribution in [0.25, 0.3) is 16.7 Å². The van der Waals surface area contributed by atoms with E-state index in [1.807, 2.05) is 0 Å². The zero-order chi connectivity index (χ0) is 29.3. The van der Waals surface area contributed by atoms with Crippen molar-refractivity contribution in [1.29, 1.82) is 0 Å². The summed E-state index contributed by atoms with van der Waals surface area (Å²) in [5.74, 6) is 0.869. The molecular weight excluding hydrogens is 626 g/mol. The van der Waals surface area contributed by atoms with E-state index in [1.165, 1.54) is 30.6 Å². The Kier molecular flexibility index (Phi) is 8.78. The molecule has 13 nitrogen and oxygen atoms in total. The van der Waals surface area contributed by atoms with E-state index in [-0.39, 0.29) is 27.2 Å². The third-order valence-corrected chi connectivity index (χ3v) is 9.14. The molecule has 0 unspecified atom stereocenters. The number of rotatable bonds is 11. The van der Waals surface area contributed by atoms with Crippen LogP contribution < -0.4 is 14.3 Å². The Morgan fingerprint density at radius 3 is 2.27 bits per heavy atom. The Hall–Kier alpha value is -2.75. The van der Waals surface area contributed by atoms with Gasteiger partial charge < -0.3 is 15.1 Å². The van der Waals surface area contributed by atoms with E-state index in [2.05, 4.69) is 20.0 Å². The fraction of sp³-hybridized carbons (Fsp3) is 0.182. The molecule has 0 spiro atoms. The van der Waals surface area contributed by atoms with Crippen LogP contribution in [0.15, 0.2) is 66.0 Å². The highest BCUT2D eigenvalue weighted by atomic mass is 35.5. The molecule has 0 aliphatic heterocycles. The van der Waals surface area contributed by atoms with E-state index in [9.17, 15) is 31.2 Å². The second-order valence-electron chi connectivity index (χ2n) is 8.55. The summed E-state index contributed by atoms with van der Waals surface area (Å²) in [6, 6.07) is 9.78. The van der Waals surface area contributed by atoms with E-state index in [4.69, 9.17) is 23.2 Å². The van der Waals surface area contributed by atoms with Gasteiger partial charge in [-0.2, -0.15) is 0 Å². The minimum Gasteiger partial charge on any atom is -0.367 e. The molecule has 0 atom stereocenters. The highest BCUT2D eigenvalue weighted by Gasteiger charge is 2.32. The fourth-order valence-electron chi connectivity index (χ4n) is 3.72. The van der Waals surface area contributed by atoms with Crippen molar-refractivity contribution in [3.63, 3.8) is 0 Å². The summed E-state index contributed by atoms with van der Waals surface area (Å²) < 4.78 is 65.8. The SMILES string of the molecule is CS(=O)(=O)NCCNc1cnc(-n2ccc3cc(N(CP(=O)(O)O)S(=O)(=O)c4cc(Cl)cc(Cl)c4)ccc32)cn1. The minimum absolute atomic E-state index is 0.0120. The predicted molar refractivity (Wildman–Crippen MR) is 153 cm³/mol. The van der Waals surface area contributed by atoms with Gasteiger partial charge in [0.05, 0.1) is 34.7 Å². The molecule has 0 saturated heterocycles. The largest absolute Gasteiger partial charge is 0.367 e. The highest BCUT2D eigenvalue weighted by Crippen LogP contribution is 2.40. The lowest BCUT2D eigenvalue weighted by molar-refractivity contribution is 0.373. The van der Waals surface area contributed by atoms with Crippen LogP contribution in [0.4, 0.5) is 11.5 Å². The molecule has 2 aromatic heterocycles. The van der Waals surface area contributed by atoms with Crippen LogP contribution in [-0.4, -0.2) is 66.8 Å². The van der Waals surface area contributed by atoms with E-state index in [0.29, 0.717) is 33.4 Å². The van der Waals surface area contributed by atoms with Gasteiger partial charge in [0.25, 0.3) is 10.0 Å². The van der Waals surface area contributed by atoms with Crippen LogP contribution in [-0.2, 0) is 24.6 Å². The standard InChI is InChI=1S/C22H23Cl2N6O7PS2/c1-39(34,35)28-6-5-25-21-12-27-22(13-26-21)29-7-4-15-8-18(2-3-20(15)29)30(14-38(31,32)33)40(36,37)19-10-16(23)9-17(24)11-19/h2-4,7-13,28H,5-6,14H2,1H3,(H,25,26)(H2,31,32,33). The molecule has 4 N–H and O–H groups in total. The van der Waals surface area contributed by atoms with E-state index in [1.54, 1.807) is 22.9 Å². The van der Waals surface area contributed by atoms with Gasteiger partial charge in [0.1, 0.15) is 12.1 Å². The molecule has 0 radical (unpaired) electrons. The molecule has 40 heavy (non-hydrogen) atoms. The van der Waals surface area contributed by atoms with Crippen LogP contribution in [0.5, 0.6) is 0 Å². The van der Waals surface area contributed by atoms with Crippen LogP contribution in [0.3, 0.4) is 0 Å². The number of hydrogen-bond donors (Lipinski definition) is 4. The van der Waals surface area contributed by atoms with Crippen molar-refractivity contribution in [2.75, 3.05) is 35.3 Å². The molecule has 0 bridgehead atoms. The molecule has 0 aliphatic rings. The maximum atomic E-state index is 13.5. The second kappa shape index (κ2) is 11.6. The minimum atomic E-state index is -4.84. The summed E-state index contributed by atoms with van der Waals surface area (Å²) in [6.07, 6.45) is 4.61. The monoisotopic (exact) mass is 648 g/mol. The summed E-state index contributed by atoms with van der Waals surface area (Å²) >= 11 is 11.9. The van der Waals surface area contributed by atoms with Gasteiger partial charge >= 0.3 is 7.60 Å². The predicted octanol–water partition coefficient (Wildman–Crippen LogP) is 3.02. The highest BCUT2D eigenvalue weighted by molar-refractivity contribution is 7.93. The molecule has 2 aromatic carbocycles. The average Bonchev–Trinajstić information content (AvgIpc) is 3.27. The molecule has 214 valence electrons. The Bertz CT molecular complexity index is 1790. The zero-order valence-corrected chi connectivity index (χ0v) is 24.7. The first-order valence-corrected chi connectivity index (χ1v) is 17.2. The van der Waals surface area contributed by atoms with Gasteiger partial charge in [0.15, 0.2) is 5.82 Å². The number of anilines is 2. The quantitative estimate of drug-likeness (QED) is 0.139. The van der Waals surface area contributed by atoms with Gasteiger partial charge in [0, 0.05) is 34.7 Å². The van der Waals surface area contributed by atoms with Crippen molar-refractivity contribution in [3.05, 3.63) is 71.1 Å². The molecule has 4 rings (SSSR count). The number of nitrogens with zero attached hydrogens (tertiary/aromatic N) is 4. The number of sulfonamides is 2. The maximum Gasteiger partial charge on any atom is 0.345 e.